The van der Waals surface area contributed by atoms with E-state index in [9.17, 15) is 23.2 Å². The second-order valence-corrected chi connectivity index (χ2v) is 5.90. The molecule has 0 unspecified atom stereocenters. The Labute approximate surface area is 164 Å². The minimum Gasteiger partial charge on any atom is -0.488 e. The number of hydrogen-bond donors (Lipinski definition) is 1. The predicted molar refractivity (Wildman–Crippen MR) is 101 cm³/mol. The molecule has 0 aromatic heterocycles. The third kappa shape index (κ3) is 5.63. The van der Waals surface area contributed by atoms with E-state index in [1.54, 1.807) is 24.3 Å². The lowest BCUT2D eigenvalue weighted by atomic mass is 10.1. The van der Waals surface area contributed by atoms with E-state index in [0.717, 1.165) is 18.2 Å². The third-order valence-electron chi connectivity index (χ3n) is 3.44. The lowest BCUT2D eigenvalue weighted by Crippen LogP contribution is -2.14. The lowest BCUT2D eigenvalue weighted by molar-refractivity contribution is -0.137. The number of hydrogen-bond acceptors (Lipinski definition) is 3. The summed E-state index contributed by atoms with van der Waals surface area (Å²) in [6.45, 7) is 3.79. The number of ether oxygens (including phenoxy) is 1. The van der Waals surface area contributed by atoms with Gasteiger partial charge in [-0.25, -0.2) is 0 Å². The summed E-state index contributed by atoms with van der Waals surface area (Å²) in [5.41, 5.74) is -0.832. The predicted octanol–water partition coefficient (Wildman–Crippen LogP) is 5.47. The Morgan fingerprint density at radius 3 is 2.64 bits per heavy atom. The van der Waals surface area contributed by atoms with E-state index < -0.39 is 17.6 Å². The molecular weight excluding hydrogens is 393 g/mol. The van der Waals surface area contributed by atoms with E-state index in [1.165, 1.54) is 18.2 Å². The van der Waals surface area contributed by atoms with Crippen LogP contribution in [-0.2, 0) is 11.0 Å². The molecule has 1 N–H and O–H groups in total. The Morgan fingerprint density at radius 2 is 2.04 bits per heavy atom. The van der Waals surface area contributed by atoms with Gasteiger partial charge in [0.15, 0.2) is 0 Å². The van der Waals surface area contributed by atoms with Crippen molar-refractivity contribution in [1.82, 2.24) is 0 Å². The highest BCUT2D eigenvalue weighted by Gasteiger charge is 2.30. The number of halogens is 4. The number of anilines is 1. The smallest absolute Gasteiger partial charge is 0.416 e. The summed E-state index contributed by atoms with van der Waals surface area (Å²) in [7, 11) is 0. The van der Waals surface area contributed by atoms with Crippen molar-refractivity contribution in [1.29, 1.82) is 5.26 Å². The maximum absolute atomic E-state index is 12.8. The molecule has 28 heavy (non-hydrogen) atoms. The van der Waals surface area contributed by atoms with Crippen molar-refractivity contribution in [2.45, 2.75) is 6.18 Å². The van der Waals surface area contributed by atoms with Gasteiger partial charge >= 0.3 is 6.18 Å². The number of carbonyl (C=O) groups is 1. The first-order valence-corrected chi connectivity index (χ1v) is 8.26. The standard InChI is InChI=1S/C20H14ClF3N2O2/c1-2-8-28-18-7-6-13(10-17(18)21)9-14(12-25)19(27)26-16-5-3-4-15(11-16)20(22,23)24/h2-7,9-11H,1,8H2,(H,26,27)/b14-9+. The van der Waals surface area contributed by atoms with E-state index >= 15 is 0 Å². The molecule has 1 amide bonds. The van der Waals surface area contributed by atoms with Gasteiger partial charge in [-0.2, -0.15) is 18.4 Å². The summed E-state index contributed by atoms with van der Waals surface area (Å²) >= 11 is 6.08. The molecule has 0 aliphatic carbocycles. The van der Waals surface area contributed by atoms with Gasteiger partial charge in [0.2, 0.25) is 0 Å². The van der Waals surface area contributed by atoms with Gasteiger partial charge in [-0.1, -0.05) is 36.4 Å². The average Bonchev–Trinajstić information content (AvgIpc) is 2.65. The van der Waals surface area contributed by atoms with Crippen molar-refractivity contribution in [2.75, 3.05) is 11.9 Å². The summed E-state index contributed by atoms with van der Waals surface area (Å²) < 4.78 is 43.6. The van der Waals surface area contributed by atoms with Gasteiger partial charge in [0.1, 0.15) is 24.0 Å². The van der Waals surface area contributed by atoms with Gasteiger partial charge in [0, 0.05) is 5.69 Å². The van der Waals surface area contributed by atoms with Crippen LogP contribution < -0.4 is 10.1 Å². The van der Waals surface area contributed by atoms with Gasteiger partial charge in [-0.05, 0) is 42.0 Å². The number of carbonyl (C=O) groups excluding carboxylic acids is 1. The first kappa shape index (κ1) is 21.1. The molecule has 2 rings (SSSR count). The Bertz CT molecular complexity index is 963. The number of amides is 1. The van der Waals surface area contributed by atoms with Gasteiger partial charge in [0.05, 0.1) is 10.6 Å². The molecule has 0 aliphatic rings. The fourth-order valence-corrected chi connectivity index (χ4v) is 2.40. The first-order valence-electron chi connectivity index (χ1n) is 7.88. The van der Waals surface area contributed by atoms with Crippen LogP contribution in [0.25, 0.3) is 6.08 Å². The highest BCUT2D eigenvalue weighted by atomic mass is 35.5. The van der Waals surface area contributed by atoms with Crippen LogP contribution in [0.4, 0.5) is 18.9 Å². The Hall–Kier alpha value is -3.24. The lowest BCUT2D eigenvalue weighted by Gasteiger charge is -2.10. The first-order chi connectivity index (χ1) is 13.2. The molecule has 144 valence electrons. The van der Waals surface area contributed by atoms with Gasteiger partial charge in [-0.15, -0.1) is 0 Å². The monoisotopic (exact) mass is 406 g/mol. The van der Waals surface area contributed by atoms with Crippen LogP contribution in [0.5, 0.6) is 5.75 Å². The zero-order chi connectivity index (χ0) is 20.7. The minimum absolute atomic E-state index is 0.0767. The molecular formula is C20H14ClF3N2O2. The molecule has 8 heteroatoms. The normalized spacial score (nSPS) is 11.5. The fourth-order valence-electron chi connectivity index (χ4n) is 2.16. The second kappa shape index (κ2) is 9.11. The van der Waals surface area contributed by atoms with Crippen molar-refractivity contribution in [3.8, 4) is 11.8 Å². The van der Waals surface area contributed by atoms with Crippen LogP contribution in [0, 0.1) is 11.3 Å². The fraction of sp³-hybridized carbons (Fsp3) is 0.100. The van der Waals surface area contributed by atoms with E-state index in [-0.39, 0.29) is 22.9 Å². The molecule has 0 bridgehead atoms. The molecule has 2 aromatic carbocycles. The number of nitrogens with zero attached hydrogens (tertiary/aromatic N) is 1. The van der Waals surface area contributed by atoms with E-state index in [0.29, 0.717) is 11.3 Å². The summed E-state index contributed by atoms with van der Waals surface area (Å²) in [6, 6.07) is 10.5. The highest BCUT2D eigenvalue weighted by molar-refractivity contribution is 6.32. The van der Waals surface area contributed by atoms with Crippen LogP contribution >= 0.6 is 11.6 Å². The largest absolute Gasteiger partial charge is 0.488 e. The molecule has 0 radical (unpaired) electrons. The number of benzene rings is 2. The highest BCUT2D eigenvalue weighted by Crippen LogP contribution is 2.31. The zero-order valence-electron chi connectivity index (χ0n) is 14.4. The summed E-state index contributed by atoms with van der Waals surface area (Å²) in [5, 5.41) is 11.8. The molecule has 0 aliphatic heterocycles. The molecule has 0 atom stereocenters. The van der Waals surface area contributed by atoms with Crippen molar-refractivity contribution in [3.05, 3.63) is 76.8 Å². The Balaban J connectivity index is 2.21. The van der Waals surface area contributed by atoms with Crippen LogP contribution in [0.15, 0.2) is 60.7 Å². The van der Waals surface area contributed by atoms with E-state index in [4.69, 9.17) is 16.3 Å². The van der Waals surface area contributed by atoms with Crippen molar-refractivity contribution in [2.24, 2.45) is 0 Å². The molecule has 0 fully saturated rings. The Morgan fingerprint density at radius 1 is 1.29 bits per heavy atom. The molecule has 2 aromatic rings. The van der Waals surface area contributed by atoms with Crippen molar-refractivity contribution in [3.63, 3.8) is 0 Å². The summed E-state index contributed by atoms with van der Waals surface area (Å²) in [4.78, 5) is 12.3. The van der Waals surface area contributed by atoms with Crippen molar-refractivity contribution >= 4 is 29.3 Å². The molecule has 0 heterocycles. The maximum Gasteiger partial charge on any atom is 0.416 e. The van der Waals surface area contributed by atoms with E-state index in [2.05, 4.69) is 11.9 Å². The second-order valence-electron chi connectivity index (χ2n) is 5.49. The van der Waals surface area contributed by atoms with Crippen LogP contribution in [0.1, 0.15) is 11.1 Å². The van der Waals surface area contributed by atoms with E-state index in [1.807, 2.05) is 0 Å². The zero-order valence-corrected chi connectivity index (χ0v) is 15.1. The van der Waals surface area contributed by atoms with Crippen LogP contribution in [-0.4, -0.2) is 12.5 Å². The number of rotatable bonds is 6. The van der Waals surface area contributed by atoms with Crippen LogP contribution in [0.2, 0.25) is 5.02 Å². The third-order valence-corrected chi connectivity index (χ3v) is 3.73. The van der Waals surface area contributed by atoms with Crippen LogP contribution in [0.3, 0.4) is 0 Å². The minimum atomic E-state index is -4.54. The summed E-state index contributed by atoms with van der Waals surface area (Å²) in [5.74, 6) is -0.435. The van der Waals surface area contributed by atoms with Gasteiger partial charge < -0.3 is 10.1 Å². The quantitative estimate of drug-likeness (QED) is 0.393. The molecule has 0 saturated heterocycles. The number of alkyl halides is 3. The van der Waals surface area contributed by atoms with Crippen molar-refractivity contribution < 1.29 is 22.7 Å². The maximum atomic E-state index is 12.8. The topological polar surface area (TPSA) is 62.1 Å². The molecule has 4 nitrogen and oxygen atoms in total. The summed E-state index contributed by atoms with van der Waals surface area (Å²) in [6.07, 6.45) is -1.72. The van der Waals surface area contributed by atoms with Gasteiger partial charge in [-0.3, -0.25) is 4.79 Å². The molecule has 0 saturated carbocycles. The average molecular weight is 407 g/mol. The molecule has 0 spiro atoms. The Kier molecular flexibility index (Phi) is 6.85. The SMILES string of the molecule is C=CCOc1ccc(/C=C(\C#N)C(=O)Nc2cccc(C(F)(F)F)c2)cc1Cl. The number of nitrogens with one attached hydrogen (secondary N) is 1. The number of nitriles is 1. The van der Waals surface area contributed by atoms with Gasteiger partial charge in [0.25, 0.3) is 5.91 Å².